The van der Waals surface area contributed by atoms with Crippen molar-refractivity contribution in [2.24, 2.45) is 5.92 Å². The lowest BCUT2D eigenvalue weighted by atomic mass is 10.2. The largest absolute Gasteiger partial charge is 0.487 e. The van der Waals surface area contributed by atoms with Gasteiger partial charge in [-0.15, -0.1) is 0 Å². The summed E-state index contributed by atoms with van der Waals surface area (Å²) in [6.45, 7) is 10.4. The van der Waals surface area contributed by atoms with Crippen LogP contribution in [0, 0.1) is 19.8 Å². The Balaban J connectivity index is 1.85. The second-order valence-corrected chi connectivity index (χ2v) is 5.60. The van der Waals surface area contributed by atoms with Crippen molar-refractivity contribution < 1.29 is 9.26 Å². The van der Waals surface area contributed by atoms with Crippen LogP contribution in [0.2, 0.25) is 0 Å². The maximum absolute atomic E-state index is 5.73. The van der Waals surface area contributed by atoms with E-state index in [1.54, 1.807) is 6.20 Å². The van der Waals surface area contributed by atoms with Crippen molar-refractivity contribution in [3.63, 3.8) is 0 Å². The summed E-state index contributed by atoms with van der Waals surface area (Å²) in [7, 11) is 0. The molecule has 2 aromatic heterocycles. The van der Waals surface area contributed by atoms with Gasteiger partial charge in [-0.05, 0) is 38.4 Å². The Morgan fingerprint density at radius 3 is 2.67 bits per heavy atom. The number of nitrogens with zero attached hydrogens (tertiary/aromatic N) is 2. The van der Waals surface area contributed by atoms with Gasteiger partial charge in [0.15, 0.2) is 0 Å². The van der Waals surface area contributed by atoms with Crippen LogP contribution in [-0.2, 0) is 13.2 Å². The lowest BCUT2D eigenvalue weighted by molar-refractivity contribution is 0.300. The number of nitrogens with one attached hydrogen (secondary N) is 1. The van der Waals surface area contributed by atoms with E-state index in [1.165, 1.54) is 0 Å². The zero-order chi connectivity index (χ0) is 15.2. The molecule has 5 nitrogen and oxygen atoms in total. The van der Waals surface area contributed by atoms with Crippen LogP contribution in [0.1, 0.15) is 36.6 Å². The summed E-state index contributed by atoms with van der Waals surface area (Å²) in [4.78, 5) is 4.39. The van der Waals surface area contributed by atoms with Gasteiger partial charge in [-0.1, -0.05) is 19.0 Å². The molecular weight excluding hydrogens is 266 g/mol. The van der Waals surface area contributed by atoms with Crippen LogP contribution in [0.3, 0.4) is 0 Å². The summed E-state index contributed by atoms with van der Waals surface area (Å²) in [6, 6.07) is 3.92. The van der Waals surface area contributed by atoms with Crippen molar-refractivity contribution in [3.8, 4) is 5.75 Å². The minimum atomic E-state index is 0.452. The smallest absolute Gasteiger partial charge is 0.140 e. The Morgan fingerprint density at radius 2 is 2.10 bits per heavy atom. The molecule has 0 spiro atoms. The minimum absolute atomic E-state index is 0.452. The van der Waals surface area contributed by atoms with Gasteiger partial charge in [0, 0.05) is 6.54 Å². The van der Waals surface area contributed by atoms with Crippen LogP contribution in [0.4, 0.5) is 0 Å². The van der Waals surface area contributed by atoms with Crippen molar-refractivity contribution >= 4 is 0 Å². The van der Waals surface area contributed by atoms with E-state index in [1.807, 2.05) is 26.0 Å². The molecule has 0 atom stereocenters. The Bertz CT molecular complexity index is 542. The van der Waals surface area contributed by atoms with Crippen molar-refractivity contribution in [2.45, 2.75) is 40.8 Å². The van der Waals surface area contributed by atoms with E-state index in [0.717, 1.165) is 41.6 Å². The maximum Gasteiger partial charge on any atom is 0.140 e. The molecule has 0 unspecified atom stereocenters. The average molecular weight is 289 g/mol. The predicted octanol–water partition coefficient (Wildman–Crippen LogP) is 3.01. The Labute approximate surface area is 125 Å². The molecular formula is C16H23N3O2. The maximum atomic E-state index is 5.73. The fourth-order valence-electron chi connectivity index (χ4n) is 1.95. The van der Waals surface area contributed by atoms with Gasteiger partial charge < -0.3 is 14.6 Å². The van der Waals surface area contributed by atoms with Crippen LogP contribution >= 0.6 is 0 Å². The molecule has 0 saturated heterocycles. The molecule has 0 amide bonds. The highest BCUT2D eigenvalue weighted by Gasteiger charge is 2.09. The number of pyridine rings is 1. The zero-order valence-corrected chi connectivity index (χ0v) is 13.1. The molecule has 0 bridgehead atoms. The van der Waals surface area contributed by atoms with Gasteiger partial charge >= 0.3 is 0 Å². The number of hydrogen-bond acceptors (Lipinski definition) is 5. The summed E-state index contributed by atoms with van der Waals surface area (Å²) in [5, 5.41) is 7.28. The van der Waals surface area contributed by atoms with Crippen LogP contribution in [0.25, 0.3) is 0 Å². The fourth-order valence-corrected chi connectivity index (χ4v) is 1.95. The Hall–Kier alpha value is -1.88. The van der Waals surface area contributed by atoms with Crippen molar-refractivity contribution in [1.82, 2.24) is 15.5 Å². The van der Waals surface area contributed by atoms with Gasteiger partial charge in [0.1, 0.15) is 18.1 Å². The van der Waals surface area contributed by atoms with Crippen molar-refractivity contribution in [2.75, 3.05) is 6.54 Å². The molecule has 1 N–H and O–H groups in total. The summed E-state index contributed by atoms with van der Waals surface area (Å²) < 4.78 is 10.8. The molecule has 0 saturated carbocycles. The predicted molar refractivity (Wildman–Crippen MR) is 81.1 cm³/mol. The third-order valence-corrected chi connectivity index (χ3v) is 3.22. The van der Waals surface area contributed by atoms with Gasteiger partial charge in [0.2, 0.25) is 0 Å². The van der Waals surface area contributed by atoms with Crippen molar-refractivity contribution in [3.05, 3.63) is 41.0 Å². The van der Waals surface area contributed by atoms with Crippen LogP contribution in [-0.4, -0.2) is 16.7 Å². The standard InChI is InChI=1S/C16H23N3O2/c1-11(2)7-17-8-14-5-6-15(9-18-14)20-10-16-12(3)19-21-13(16)4/h5-6,9,11,17H,7-8,10H2,1-4H3. The van der Waals surface area contributed by atoms with E-state index in [2.05, 4.69) is 29.3 Å². The second-order valence-electron chi connectivity index (χ2n) is 5.60. The molecule has 21 heavy (non-hydrogen) atoms. The summed E-state index contributed by atoms with van der Waals surface area (Å²) in [5.41, 5.74) is 2.88. The first kappa shape index (κ1) is 15.5. The lowest BCUT2D eigenvalue weighted by Gasteiger charge is -2.08. The third-order valence-electron chi connectivity index (χ3n) is 3.22. The van der Waals surface area contributed by atoms with Gasteiger partial charge in [0.05, 0.1) is 23.1 Å². The van der Waals surface area contributed by atoms with Gasteiger partial charge in [0.25, 0.3) is 0 Å². The number of hydrogen-bond donors (Lipinski definition) is 1. The minimum Gasteiger partial charge on any atom is -0.487 e. The lowest BCUT2D eigenvalue weighted by Crippen LogP contribution is -2.19. The van der Waals surface area contributed by atoms with Crippen LogP contribution in [0.15, 0.2) is 22.9 Å². The summed E-state index contributed by atoms with van der Waals surface area (Å²) in [5.74, 6) is 2.19. The first-order valence-corrected chi connectivity index (χ1v) is 7.26. The van der Waals surface area contributed by atoms with Gasteiger partial charge in [-0.25, -0.2) is 0 Å². The normalized spacial score (nSPS) is 11.1. The highest BCUT2D eigenvalue weighted by molar-refractivity contribution is 5.23. The molecule has 0 aromatic carbocycles. The summed E-state index contributed by atoms with van der Waals surface area (Å²) in [6.07, 6.45) is 1.75. The highest BCUT2D eigenvalue weighted by Crippen LogP contribution is 2.16. The molecule has 5 heteroatoms. The number of rotatable bonds is 7. The van der Waals surface area contributed by atoms with E-state index in [4.69, 9.17) is 9.26 Å². The molecule has 2 heterocycles. The van der Waals surface area contributed by atoms with Gasteiger partial charge in [-0.3, -0.25) is 4.98 Å². The molecule has 0 aliphatic heterocycles. The Morgan fingerprint density at radius 1 is 1.29 bits per heavy atom. The molecule has 114 valence electrons. The van der Waals surface area contributed by atoms with Gasteiger partial charge in [-0.2, -0.15) is 0 Å². The van der Waals surface area contributed by atoms with Crippen molar-refractivity contribution in [1.29, 1.82) is 0 Å². The van der Waals surface area contributed by atoms with Crippen LogP contribution in [0.5, 0.6) is 5.75 Å². The molecule has 0 aliphatic rings. The Kier molecular flexibility index (Phi) is 5.33. The second kappa shape index (κ2) is 7.22. The van der Waals surface area contributed by atoms with Crippen LogP contribution < -0.4 is 10.1 Å². The van der Waals surface area contributed by atoms with E-state index in [-0.39, 0.29) is 0 Å². The average Bonchev–Trinajstić information content (AvgIpc) is 2.77. The van der Waals surface area contributed by atoms with E-state index >= 15 is 0 Å². The monoisotopic (exact) mass is 289 g/mol. The first-order valence-electron chi connectivity index (χ1n) is 7.26. The molecule has 0 radical (unpaired) electrons. The molecule has 0 fully saturated rings. The highest BCUT2D eigenvalue weighted by atomic mass is 16.5. The third kappa shape index (κ3) is 4.56. The first-order chi connectivity index (χ1) is 10.1. The quantitative estimate of drug-likeness (QED) is 0.849. The molecule has 2 aromatic rings. The molecule has 2 rings (SSSR count). The number of aromatic nitrogens is 2. The summed E-state index contributed by atoms with van der Waals surface area (Å²) >= 11 is 0. The van der Waals surface area contributed by atoms with E-state index in [9.17, 15) is 0 Å². The number of aryl methyl sites for hydroxylation is 2. The van der Waals surface area contributed by atoms with E-state index in [0.29, 0.717) is 12.5 Å². The zero-order valence-electron chi connectivity index (χ0n) is 13.1. The SMILES string of the molecule is Cc1noc(C)c1COc1ccc(CNCC(C)C)nc1. The topological polar surface area (TPSA) is 60.2 Å². The van der Waals surface area contributed by atoms with E-state index < -0.39 is 0 Å². The molecule has 0 aliphatic carbocycles. The fraction of sp³-hybridized carbons (Fsp3) is 0.500. The number of ether oxygens (including phenoxy) is 1.